The number of imidazole rings is 1. The Morgan fingerprint density at radius 3 is 2.75 bits per heavy atom. The molecule has 1 aliphatic rings. The number of aromatic nitrogens is 2. The molecule has 0 aromatic carbocycles. The minimum atomic E-state index is -5.26. The monoisotopic (exact) mass is 365 g/mol. The SMILES string of the molecule is CCOC(=O)c1ncn(C2OC(COP(=O)([O-])[O-])C(O)C2O)c1N. The number of phosphoric ester groups is 1. The lowest BCUT2D eigenvalue weighted by Crippen LogP contribution is -2.34. The van der Waals surface area contributed by atoms with Crippen LogP contribution in [0.5, 0.6) is 0 Å². The van der Waals surface area contributed by atoms with E-state index in [-0.39, 0.29) is 18.1 Å². The standard InChI is InChI=1S/C11H18N3O9P/c1-2-21-11(17)6-9(12)14(4-13-6)10-8(16)7(15)5(23-10)3-22-24(18,19)20/h4-5,7-8,10,15-16H,2-3,12H2,1H3,(H2,18,19,20)/p-2. The van der Waals surface area contributed by atoms with Gasteiger partial charge in [0.15, 0.2) is 11.9 Å². The van der Waals surface area contributed by atoms with E-state index in [9.17, 15) is 29.4 Å². The van der Waals surface area contributed by atoms with Gasteiger partial charge in [-0.2, -0.15) is 0 Å². The smallest absolute Gasteiger partial charge is 0.360 e. The molecule has 1 saturated heterocycles. The number of hydrogen-bond acceptors (Lipinski definition) is 11. The number of nitrogens with zero attached hydrogens (tertiary/aromatic N) is 2. The van der Waals surface area contributed by atoms with Crippen molar-refractivity contribution in [3.05, 3.63) is 12.0 Å². The van der Waals surface area contributed by atoms with Gasteiger partial charge < -0.3 is 44.3 Å². The van der Waals surface area contributed by atoms with Crippen LogP contribution in [0.4, 0.5) is 5.82 Å². The number of ether oxygens (including phenoxy) is 2. The van der Waals surface area contributed by atoms with Crippen molar-refractivity contribution in [2.45, 2.75) is 31.5 Å². The Bertz CT molecular complexity index is 645. The normalized spacial score (nSPS) is 27.4. The highest BCUT2D eigenvalue weighted by Gasteiger charge is 2.44. The molecule has 4 N–H and O–H groups in total. The van der Waals surface area contributed by atoms with Gasteiger partial charge in [-0.3, -0.25) is 4.57 Å². The van der Waals surface area contributed by atoms with Crippen molar-refractivity contribution in [1.29, 1.82) is 0 Å². The minimum Gasteiger partial charge on any atom is -0.790 e. The average molecular weight is 365 g/mol. The molecule has 12 nitrogen and oxygen atoms in total. The Morgan fingerprint density at radius 2 is 2.17 bits per heavy atom. The zero-order chi connectivity index (χ0) is 18.1. The first-order valence-corrected chi connectivity index (χ1v) is 8.29. The van der Waals surface area contributed by atoms with Crippen LogP contribution in [0.25, 0.3) is 0 Å². The Hall–Kier alpha value is -1.53. The van der Waals surface area contributed by atoms with Crippen LogP contribution in [0.3, 0.4) is 0 Å². The molecule has 2 rings (SSSR count). The van der Waals surface area contributed by atoms with Crippen LogP contribution < -0.4 is 15.5 Å². The van der Waals surface area contributed by atoms with Gasteiger partial charge in [0.1, 0.15) is 24.1 Å². The molecule has 0 aliphatic carbocycles. The Morgan fingerprint density at radius 1 is 1.50 bits per heavy atom. The van der Waals surface area contributed by atoms with E-state index in [4.69, 9.17) is 15.2 Å². The fraction of sp³-hybridized carbons (Fsp3) is 0.636. The number of nitrogens with two attached hydrogens (primary N) is 1. The molecule has 4 unspecified atom stereocenters. The summed E-state index contributed by atoms with van der Waals surface area (Å²) in [7, 11) is -5.26. The molecule has 1 aliphatic heterocycles. The van der Waals surface area contributed by atoms with E-state index in [0.717, 1.165) is 10.9 Å². The third kappa shape index (κ3) is 3.92. The number of phosphoric acid groups is 1. The van der Waals surface area contributed by atoms with Crippen molar-refractivity contribution in [1.82, 2.24) is 9.55 Å². The largest absolute Gasteiger partial charge is 0.790 e. The Kier molecular flexibility index (Phi) is 5.60. The highest BCUT2D eigenvalue weighted by Crippen LogP contribution is 2.34. The molecule has 1 fully saturated rings. The summed E-state index contributed by atoms with van der Waals surface area (Å²) in [5.41, 5.74) is 5.56. The first-order chi connectivity index (χ1) is 11.2. The van der Waals surface area contributed by atoms with E-state index >= 15 is 0 Å². The molecule has 0 saturated carbocycles. The summed E-state index contributed by atoms with van der Waals surface area (Å²) in [6, 6.07) is 0. The number of esters is 1. The van der Waals surface area contributed by atoms with E-state index in [1.807, 2.05) is 0 Å². The number of carbonyl (C=O) groups is 1. The third-order valence-electron chi connectivity index (χ3n) is 3.31. The number of aliphatic hydroxyl groups excluding tert-OH is 2. The molecule has 0 bridgehead atoms. The molecule has 24 heavy (non-hydrogen) atoms. The van der Waals surface area contributed by atoms with Crippen LogP contribution in [-0.4, -0.2) is 57.3 Å². The van der Waals surface area contributed by atoms with Crippen molar-refractivity contribution >= 4 is 19.6 Å². The predicted molar refractivity (Wildman–Crippen MR) is 72.1 cm³/mol. The highest BCUT2D eigenvalue weighted by molar-refractivity contribution is 7.43. The molecule has 0 amide bonds. The third-order valence-corrected chi connectivity index (χ3v) is 3.77. The molecule has 0 radical (unpaired) electrons. The summed E-state index contributed by atoms with van der Waals surface area (Å²) in [6.45, 7) is 0.926. The number of nitrogen functional groups attached to an aromatic ring is 1. The Balaban J connectivity index is 2.15. The molecule has 1 aromatic rings. The fourth-order valence-electron chi connectivity index (χ4n) is 2.19. The predicted octanol–water partition coefficient (Wildman–Crippen LogP) is -2.89. The van der Waals surface area contributed by atoms with Gasteiger partial charge in [0.25, 0.3) is 0 Å². The van der Waals surface area contributed by atoms with Gasteiger partial charge in [0, 0.05) is 0 Å². The number of anilines is 1. The molecular weight excluding hydrogens is 349 g/mol. The van der Waals surface area contributed by atoms with Crippen molar-refractivity contribution < 1.29 is 43.4 Å². The van der Waals surface area contributed by atoms with Gasteiger partial charge >= 0.3 is 5.97 Å². The van der Waals surface area contributed by atoms with Gasteiger partial charge in [-0.25, -0.2) is 9.78 Å². The summed E-state index contributed by atoms with van der Waals surface area (Å²) in [4.78, 5) is 36.4. The summed E-state index contributed by atoms with van der Waals surface area (Å²) in [5.74, 6) is -0.954. The minimum absolute atomic E-state index is 0.107. The van der Waals surface area contributed by atoms with Crippen LogP contribution >= 0.6 is 7.82 Å². The molecule has 2 heterocycles. The van der Waals surface area contributed by atoms with E-state index < -0.39 is 44.9 Å². The van der Waals surface area contributed by atoms with Gasteiger partial charge in [-0.1, -0.05) is 0 Å². The van der Waals surface area contributed by atoms with Crippen molar-refractivity contribution in [2.75, 3.05) is 18.9 Å². The highest BCUT2D eigenvalue weighted by atomic mass is 31.2. The first kappa shape index (κ1) is 18.8. The summed E-state index contributed by atoms with van der Waals surface area (Å²) < 4.78 is 25.6. The van der Waals surface area contributed by atoms with E-state index in [2.05, 4.69) is 9.51 Å². The molecule has 13 heteroatoms. The maximum absolute atomic E-state index is 11.7. The van der Waals surface area contributed by atoms with Crippen LogP contribution in [0.1, 0.15) is 23.6 Å². The molecule has 0 spiro atoms. The van der Waals surface area contributed by atoms with Gasteiger partial charge in [0.05, 0.1) is 27.4 Å². The lowest BCUT2D eigenvalue weighted by Gasteiger charge is -2.30. The van der Waals surface area contributed by atoms with Crippen LogP contribution in [0, 0.1) is 0 Å². The maximum Gasteiger partial charge on any atom is 0.360 e. The van der Waals surface area contributed by atoms with Crippen LogP contribution in [0.15, 0.2) is 6.33 Å². The fourth-order valence-corrected chi connectivity index (χ4v) is 2.52. The van der Waals surface area contributed by atoms with Crippen molar-refractivity contribution in [2.24, 2.45) is 0 Å². The van der Waals surface area contributed by atoms with Gasteiger partial charge in [0.2, 0.25) is 0 Å². The summed E-state index contributed by atoms with van der Waals surface area (Å²) >= 11 is 0. The van der Waals surface area contributed by atoms with Crippen molar-refractivity contribution in [3.8, 4) is 0 Å². The summed E-state index contributed by atoms with van der Waals surface area (Å²) in [5, 5.41) is 19.9. The quantitative estimate of drug-likeness (QED) is 0.346. The number of carbonyl (C=O) groups excluding carboxylic acids is 1. The average Bonchev–Trinajstić information content (AvgIpc) is 2.99. The van der Waals surface area contributed by atoms with E-state index in [1.54, 1.807) is 6.92 Å². The van der Waals surface area contributed by atoms with Crippen LogP contribution in [-0.2, 0) is 18.6 Å². The van der Waals surface area contributed by atoms with E-state index in [0.29, 0.717) is 0 Å². The van der Waals surface area contributed by atoms with E-state index in [1.165, 1.54) is 0 Å². The zero-order valence-corrected chi connectivity index (χ0v) is 13.4. The lowest BCUT2D eigenvalue weighted by atomic mass is 10.1. The molecule has 4 atom stereocenters. The van der Waals surface area contributed by atoms with Gasteiger partial charge in [-0.15, -0.1) is 0 Å². The Labute approximate surface area is 136 Å². The van der Waals surface area contributed by atoms with Gasteiger partial charge in [-0.05, 0) is 6.92 Å². The number of rotatable bonds is 6. The second-order valence-corrected chi connectivity index (χ2v) is 6.05. The maximum atomic E-state index is 11.7. The summed E-state index contributed by atoms with van der Waals surface area (Å²) in [6.07, 6.45) is -4.54. The van der Waals surface area contributed by atoms with Crippen LogP contribution in [0.2, 0.25) is 0 Å². The second-order valence-electron chi connectivity index (χ2n) is 4.90. The zero-order valence-electron chi connectivity index (χ0n) is 12.5. The van der Waals surface area contributed by atoms with Crippen molar-refractivity contribution in [3.63, 3.8) is 0 Å². The second kappa shape index (κ2) is 7.15. The first-order valence-electron chi connectivity index (χ1n) is 6.83. The lowest BCUT2D eigenvalue weighted by molar-refractivity contribution is -0.343. The number of hydrogen-bond donors (Lipinski definition) is 3. The molecule has 1 aromatic heterocycles. The topological polar surface area (TPSA) is 192 Å². The number of aliphatic hydroxyl groups is 2. The molecule has 136 valence electrons. The molecular formula is C11H16N3O9P-2.